The van der Waals surface area contributed by atoms with Gasteiger partial charge in [-0.2, -0.15) is 0 Å². The summed E-state index contributed by atoms with van der Waals surface area (Å²) in [7, 11) is 0. The number of benzene rings is 1. The van der Waals surface area contributed by atoms with E-state index < -0.39 is 36.0 Å². The van der Waals surface area contributed by atoms with Crippen LogP contribution in [0.1, 0.15) is 58.1 Å². The molecule has 1 aromatic carbocycles. The van der Waals surface area contributed by atoms with Gasteiger partial charge in [0.05, 0.1) is 23.3 Å². The molecule has 0 radical (unpaired) electrons. The van der Waals surface area contributed by atoms with Gasteiger partial charge in [-0.15, -0.1) is 0 Å². The van der Waals surface area contributed by atoms with E-state index in [1.54, 1.807) is 17.2 Å². The van der Waals surface area contributed by atoms with E-state index in [-0.39, 0.29) is 11.8 Å². The number of aliphatic hydroxyl groups excluding tert-OH is 1. The second kappa shape index (κ2) is 10.7. The lowest BCUT2D eigenvalue weighted by atomic mass is 9.85. The molecule has 1 aliphatic carbocycles. The molecular formula is C24H36BrFN5O3+. The van der Waals surface area contributed by atoms with E-state index in [0.717, 1.165) is 18.5 Å². The maximum absolute atomic E-state index is 14.0. The highest BCUT2D eigenvalue weighted by molar-refractivity contribution is 9.10. The number of carbonyl (C=O) groups excluding carboxylic acids is 2. The summed E-state index contributed by atoms with van der Waals surface area (Å²) < 4.78 is 14.3. The zero-order valence-corrected chi connectivity index (χ0v) is 21.6. The number of nitrogens with one attached hydrogen (secondary N) is 1. The summed E-state index contributed by atoms with van der Waals surface area (Å²) in [6, 6.07) is 2.29. The lowest BCUT2D eigenvalue weighted by Gasteiger charge is -2.39. The summed E-state index contributed by atoms with van der Waals surface area (Å²) in [5.74, 6) is 5.70. The molecule has 3 rings (SSSR count). The number of likely N-dealkylation sites (tertiary alicyclic amines) is 1. The molecule has 0 spiro atoms. The Labute approximate surface area is 208 Å². The second-order valence-corrected chi connectivity index (χ2v) is 11.2. The lowest BCUT2D eigenvalue weighted by molar-refractivity contribution is -0.311. The maximum Gasteiger partial charge on any atom is 0.248 e. The number of nitrogens with zero attached hydrogens (tertiary/aromatic N) is 2. The molecule has 1 saturated carbocycles. The predicted molar refractivity (Wildman–Crippen MR) is 130 cm³/mol. The number of halogens is 2. The van der Waals surface area contributed by atoms with E-state index in [1.165, 1.54) is 17.1 Å². The maximum atomic E-state index is 14.0. The van der Waals surface area contributed by atoms with Gasteiger partial charge < -0.3 is 21.1 Å². The van der Waals surface area contributed by atoms with Crippen LogP contribution in [0.4, 0.5) is 4.39 Å². The number of rotatable bonds is 8. The Morgan fingerprint density at radius 3 is 2.62 bits per heavy atom. The Morgan fingerprint density at radius 2 is 2.06 bits per heavy atom. The Hall–Kier alpha value is -2.01. The van der Waals surface area contributed by atoms with E-state index in [0.29, 0.717) is 35.3 Å². The third-order valence-corrected chi connectivity index (χ3v) is 7.10. The molecule has 0 aromatic heterocycles. The molecule has 1 aliphatic heterocycles. The number of aliphatic hydroxyl groups is 1. The number of allylic oxidation sites excluding steroid dienone is 1. The first kappa shape index (κ1) is 26.6. The molecule has 188 valence electrons. The summed E-state index contributed by atoms with van der Waals surface area (Å²) >= 11 is 3.10. The smallest absolute Gasteiger partial charge is 0.248 e. The first-order chi connectivity index (χ1) is 15.9. The quantitative estimate of drug-likeness (QED) is 0.295. The van der Waals surface area contributed by atoms with Crippen molar-refractivity contribution in [2.75, 3.05) is 13.2 Å². The summed E-state index contributed by atoms with van der Waals surface area (Å²) in [6.45, 7) is 5.87. The molecule has 2 amide bonds. The van der Waals surface area contributed by atoms with E-state index in [4.69, 9.17) is 5.84 Å². The van der Waals surface area contributed by atoms with Gasteiger partial charge in [0.2, 0.25) is 11.8 Å². The van der Waals surface area contributed by atoms with Gasteiger partial charge in [0, 0.05) is 12.5 Å². The van der Waals surface area contributed by atoms with Gasteiger partial charge in [-0.05, 0) is 64.7 Å². The minimum atomic E-state index is -0.785. The third kappa shape index (κ3) is 6.16. The number of nitrogens with two attached hydrogens (primary N) is 1. The predicted octanol–water partition coefficient (Wildman–Crippen LogP) is 1.81. The fourth-order valence-corrected chi connectivity index (χ4v) is 4.71. The van der Waals surface area contributed by atoms with Crippen LogP contribution in [-0.4, -0.2) is 52.1 Å². The minimum Gasteiger partial charge on any atom is -0.394 e. The zero-order valence-electron chi connectivity index (χ0n) is 20.1. The van der Waals surface area contributed by atoms with Crippen LogP contribution in [-0.2, 0) is 9.59 Å². The van der Waals surface area contributed by atoms with Crippen molar-refractivity contribution in [1.82, 2.24) is 15.2 Å². The average molecular weight is 541 g/mol. The second-order valence-electron chi connectivity index (χ2n) is 10.3. The van der Waals surface area contributed by atoms with Crippen LogP contribution in [0.15, 0.2) is 34.6 Å². The fourth-order valence-electron chi connectivity index (χ4n) is 4.46. The molecule has 34 heavy (non-hydrogen) atoms. The molecule has 0 bridgehead atoms. The molecule has 10 heteroatoms. The molecule has 3 atom stereocenters. The van der Waals surface area contributed by atoms with Crippen LogP contribution in [0.3, 0.4) is 0 Å². The highest BCUT2D eigenvalue weighted by Gasteiger charge is 2.43. The highest BCUT2D eigenvalue weighted by atomic mass is 79.9. The molecule has 8 nitrogen and oxygen atoms in total. The Bertz CT molecular complexity index is 947. The molecule has 1 aromatic rings. The van der Waals surface area contributed by atoms with Crippen LogP contribution >= 0.6 is 15.9 Å². The van der Waals surface area contributed by atoms with Crippen LogP contribution in [0.2, 0.25) is 0 Å². The summed E-state index contributed by atoms with van der Waals surface area (Å²) in [6.07, 6.45) is 5.10. The minimum absolute atomic E-state index is 0.220. The van der Waals surface area contributed by atoms with Crippen molar-refractivity contribution in [1.29, 1.82) is 0 Å². The van der Waals surface area contributed by atoms with Gasteiger partial charge in [-0.1, -0.05) is 26.8 Å². The lowest BCUT2D eigenvalue weighted by Crippen LogP contribution is -2.59. The average Bonchev–Trinajstić information content (AvgIpc) is 3.49. The van der Waals surface area contributed by atoms with Crippen molar-refractivity contribution in [3.63, 3.8) is 0 Å². The number of amides is 2. The van der Waals surface area contributed by atoms with Crippen molar-refractivity contribution >= 4 is 27.7 Å². The van der Waals surface area contributed by atoms with E-state index in [1.807, 2.05) is 20.8 Å². The normalized spacial score (nSPS) is 20.8. The molecule has 1 heterocycles. The topological polar surface area (TPSA) is 127 Å². The van der Waals surface area contributed by atoms with Gasteiger partial charge in [-0.25, -0.2) is 10.2 Å². The molecule has 1 unspecified atom stereocenters. The van der Waals surface area contributed by atoms with E-state index >= 15 is 0 Å². The molecule has 1 saturated heterocycles. The van der Waals surface area contributed by atoms with Crippen LogP contribution in [0.25, 0.3) is 0 Å². The van der Waals surface area contributed by atoms with Gasteiger partial charge in [0.1, 0.15) is 23.6 Å². The van der Waals surface area contributed by atoms with Crippen molar-refractivity contribution in [2.45, 2.75) is 64.6 Å². The van der Waals surface area contributed by atoms with Crippen molar-refractivity contribution in [2.24, 2.45) is 17.2 Å². The van der Waals surface area contributed by atoms with Gasteiger partial charge in [0.15, 0.2) is 0 Å². The summed E-state index contributed by atoms with van der Waals surface area (Å²) in [5.41, 5.74) is 4.95. The Balaban J connectivity index is 1.77. The SMILES string of the molecule is CC(C)(C)[C@@H](C(=O)N1CCC[C@H]1C(=O)NC(CO)c1ccc(Br)c(F)c1)N(N)/C=C(\[NH3+])C1CC1. The first-order valence-corrected chi connectivity index (χ1v) is 12.5. The van der Waals surface area contributed by atoms with Crippen molar-refractivity contribution in [3.05, 3.63) is 45.9 Å². The van der Waals surface area contributed by atoms with Gasteiger partial charge in [0.25, 0.3) is 0 Å². The van der Waals surface area contributed by atoms with E-state index in [9.17, 15) is 19.1 Å². The molecule has 2 fully saturated rings. The number of hydrogen-bond acceptors (Lipinski definition) is 5. The molecule has 2 aliphatic rings. The Morgan fingerprint density at radius 1 is 1.38 bits per heavy atom. The zero-order chi connectivity index (χ0) is 25.2. The number of hydrogen-bond donors (Lipinski definition) is 4. The third-order valence-electron chi connectivity index (χ3n) is 6.45. The van der Waals surface area contributed by atoms with Gasteiger partial charge >= 0.3 is 0 Å². The number of quaternary nitrogens is 1. The summed E-state index contributed by atoms with van der Waals surface area (Å²) in [4.78, 5) is 28.5. The highest BCUT2D eigenvalue weighted by Crippen LogP contribution is 2.34. The Kier molecular flexibility index (Phi) is 8.38. The summed E-state index contributed by atoms with van der Waals surface area (Å²) in [5, 5.41) is 14.1. The van der Waals surface area contributed by atoms with Crippen LogP contribution in [0.5, 0.6) is 0 Å². The largest absolute Gasteiger partial charge is 0.394 e. The van der Waals surface area contributed by atoms with Gasteiger partial charge in [-0.3, -0.25) is 14.6 Å². The van der Waals surface area contributed by atoms with Crippen LogP contribution < -0.4 is 16.9 Å². The molecular weight excluding hydrogens is 505 g/mol. The standard InChI is InChI=1S/C24H35BrFN5O3/c1-24(2,3)21(31(28)12-18(27)14-6-7-14)23(34)30-10-4-5-20(30)22(33)29-19(13-32)15-8-9-16(25)17(26)11-15/h8-9,11-12,14,19-21,32H,4-7,10,13,27-28H2,1-3H3,(H,29,33)/p+1/b18-12-/t19?,20-,21+/m0/s1. The first-order valence-electron chi connectivity index (χ1n) is 11.7. The van der Waals surface area contributed by atoms with Crippen molar-refractivity contribution in [3.8, 4) is 0 Å². The fraction of sp³-hybridized carbons (Fsp3) is 0.583. The van der Waals surface area contributed by atoms with Crippen molar-refractivity contribution < 1.29 is 24.8 Å². The van der Waals surface area contributed by atoms with E-state index in [2.05, 4.69) is 27.0 Å². The number of hydrazine groups is 1. The molecule has 7 N–H and O–H groups in total. The number of carbonyl (C=O) groups is 2. The van der Waals surface area contributed by atoms with Crippen LogP contribution in [0, 0.1) is 17.2 Å². The monoisotopic (exact) mass is 540 g/mol.